The van der Waals surface area contributed by atoms with Crippen molar-refractivity contribution in [1.29, 1.82) is 0 Å². The van der Waals surface area contributed by atoms with Crippen molar-refractivity contribution in [1.82, 2.24) is 14.9 Å². The molecule has 0 spiro atoms. The standard InChI is InChI=1S/C9H16N4/c10-8-6-11-9(12-8)7-13-4-2-1-3-5-13/h6H,1-5,7,10H2,(H,11,12). The quantitative estimate of drug-likeness (QED) is 0.713. The number of anilines is 1. The summed E-state index contributed by atoms with van der Waals surface area (Å²) in [5.41, 5.74) is 5.55. The van der Waals surface area contributed by atoms with E-state index in [9.17, 15) is 0 Å². The highest BCUT2D eigenvalue weighted by molar-refractivity contribution is 5.24. The molecule has 0 amide bonds. The van der Waals surface area contributed by atoms with Crippen LogP contribution in [0, 0.1) is 0 Å². The van der Waals surface area contributed by atoms with E-state index in [1.807, 2.05) is 0 Å². The summed E-state index contributed by atoms with van der Waals surface area (Å²) in [6.45, 7) is 3.30. The molecule has 1 aliphatic heterocycles. The van der Waals surface area contributed by atoms with E-state index in [1.165, 1.54) is 32.4 Å². The number of hydrogen-bond acceptors (Lipinski definition) is 3. The molecule has 0 atom stereocenters. The fourth-order valence-corrected chi connectivity index (χ4v) is 1.79. The molecule has 1 saturated heterocycles. The summed E-state index contributed by atoms with van der Waals surface area (Å²) in [6.07, 6.45) is 5.68. The van der Waals surface area contributed by atoms with Crippen LogP contribution in [0.1, 0.15) is 25.1 Å². The van der Waals surface area contributed by atoms with E-state index >= 15 is 0 Å². The molecule has 13 heavy (non-hydrogen) atoms. The molecule has 0 unspecified atom stereocenters. The highest BCUT2D eigenvalue weighted by Gasteiger charge is 2.11. The lowest BCUT2D eigenvalue weighted by Crippen LogP contribution is -2.29. The number of aromatic amines is 1. The van der Waals surface area contributed by atoms with Gasteiger partial charge < -0.3 is 10.7 Å². The van der Waals surface area contributed by atoms with Gasteiger partial charge in [0.15, 0.2) is 0 Å². The van der Waals surface area contributed by atoms with E-state index in [-0.39, 0.29) is 0 Å². The van der Waals surface area contributed by atoms with Crippen molar-refractivity contribution in [2.75, 3.05) is 18.8 Å². The summed E-state index contributed by atoms with van der Waals surface area (Å²) in [7, 11) is 0. The molecule has 72 valence electrons. The van der Waals surface area contributed by atoms with Crippen molar-refractivity contribution in [2.24, 2.45) is 0 Å². The minimum absolute atomic E-state index is 0.659. The summed E-state index contributed by atoms with van der Waals surface area (Å²) in [5.74, 6) is 1.64. The number of nitrogens with two attached hydrogens (primary N) is 1. The number of piperidine rings is 1. The van der Waals surface area contributed by atoms with Crippen LogP contribution in [0.3, 0.4) is 0 Å². The van der Waals surface area contributed by atoms with Crippen molar-refractivity contribution in [2.45, 2.75) is 25.8 Å². The van der Waals surface area contributed by atoms with Crippen LogP contribution in [0.2, 0.25) is 0 Å². The predicted molar refractivity (Wildman–Crippen MR) is 52.1 cm³/mol. The maximum Gasteiger partial charge on any atom is 0.121 e. The van der Waals surface area contributed by atoms with Gasteiger partial charge in [0.1, 0.15) is 11.6 Å². The third-order valence-electron chi connectivity index (χ3n) is 2.47. The molecule has 1 aromatic rings. The van der Waals surface area contributed by atoms with Gasteiger partial charge in [-0.1, -0.05) is 6.42 Å². The molecule has 0 bridgehead atoms. The highest BCUT2D eigenvalue weighted by atomic mass is 15.2. The number of H-pyrrole nitrogens is 1. The number of rotatable bonds is 2. The van der Waals surface area contributed by atoms with Gasteiger partial charge in [0, 0.05) is 0 Å². The second-order valence-corrected chi connectivity index (χ2v) is 3.62. The topological polar surface area (TPSA) is 57.9 Å². The van der Waals surface area contributed by atoms with Crippen LogP contribution in [-0.4, -0.2) is 28.0 Å². The Labute approximate surface area is 78.1 Å². The number of nitrogens with zero attached hydrogens (tertiary/aromatic N) is 2. The number of hydrogen-bond donors (Lipinski definition) is 2. The van der Waals surface area contributed by atoms with Crippen LogP contribution < -0.4 is 5.73 Å². The van der Waals surface area contributed by atoms with Crippen LogP contribution >= 0.6 is 0 Å². The Bertz CT molecular complexity index is 262. The van der Waals surface area contributed by atoms with Gasteiger partial charge in [-0.2, -0.15) is 0 Å². The molecule has 1 fully saturated rings. The van der Waals surface area contributed by atoms with Crippen molar-refractivity contribution in [3.05, 3.63) is 12.0 Å². The van der Waals surface area contributed by atoms with Gasteiger partial charge in [0.05, 0.1) is 12.7 Å². The smallest absolute Gasteiger partial charge is 0.121 e. The summed E-state index contributed by atoms with van der Waals surface area (Å²) in [4.78, 5) is 9.65. The minimum Gasteiger partial charge on any atom is -0.384 e. The van der Waals surface area contributed by atoms with Gasteiger partial charge in [-0.15, -0.1) is 0 Å². The Kier molecular flexibility index (Phi) is 2.49. The second-order valence-electron chi connectivity index (χ2n) is 3.62. The molecule has 2 rings (SSSR count). The van der Waals surface area contributed by atoms with Crippen LogP contribution in [0.25, 0.3) is 0 Å². The molecule has 4 nitrogen and oxygen atoms in total. The van der Waals surface area contributed by atoms with Gasteiger partial charge in [-0.05, 0) is 25.9 Å². The summed E-state index contributed by atoms with van der Waals surface area (Å²) < 4.78 is 0. The first-order chi connectivity index (χ1) is 6.34. The monoisotopic (exact) mass is 180 g/mol. The van der Waals surface area contributed by atoms with Crippen molar-refractivity contribution in [3.8, 4) is 0 Å². The Morgan fingerprint density at radius 3 is 2.77 bits per heavy atom. The zero-order valence-corrected chi connectivity index (χ0v) is 7.79. The van der Waals surface area contributed by atoms with E-state index in [0.29, 0.717) is 5.82 Å². The second kappa shape index (κ2) is 3.79. The highest BCUT2D eigenvalue weighted by Crippen LogP contribution is 2.11. The Hall–Kier alpha value is -1.03. The van der Waals surface area contributed by atoms with E-state index in [1.54, 1.807) is 6.20 Å². The molecule has 0 aliphatic carbocycles. The Morgan fingerprint density at radius 2 is 2.15 bits per heavy atom. The maximum absolute atomic E-state index is 5.55. The van der Waals surface area contributed by atoms with Crippen LogP contribution in [-0.2, 0) is 6.54 Å². The lowest BCUT2D eigenvalue weighted by atomic mass is 10.1. The van der Waals surface area contributed by atoms with Gasteiger partial charge in [0.2, 0.25) is 0 Å². The van der Waals surface area contributed by atoms with Crippen LogP contribution in [0.15, 0.2) is 6.20 Å². The molecular weight excluding hydrogens is 164 g/mol. The van der Waals surface area contributed by atoms with Crippen molar-refractivity contribution >= 4 is 5.82 Å². The van der Waals surface area contributed by atoms with Crippen molar-refractivity contribution < 1.29 is 0 Å². The SMILES string of the molecule is Nc1cnc(CN2CCCCC2)[nH]1. The first-order valence-electron chi connectivity index (χ1n) is 4.86. The number of nitrogens with one attached hydrogen (secondary N) is 1. The fourth-order valence-electron chi connectivity index (χ4n) is 1.79. The molecule has 0 saturated carbocycles. The molecular formula is C9H16N4. The normalized spacial score (nSPS) is 19.1. The molecule has 2 heterocycles. The molecule has 3 N–H and O–H groups in total. The zero-order chi connectivity index (χ0) is 9.10. The fraction of sp³-hybridized carbons (Fsp3) is 0.667. The molecule has 1 aliphatic rings. The number of nitrogen functional groups attached to an aromatic ring is 1. The molecule has 0 radical (unpaired) electrons. The summed E-state index contributed by atoms with van der Waals surface area (Å²) in [6, 6.07) is 0. The van der Waals surface area contributed by atoms with Crippen molar-refractivity contribution in [3.63, 3.8) is 0 Å². The first kappa shape index (κ1) is 8.56. The summed E-state index contributed by atoms with van der Waals surface area (Å²) >= 11 is 0. The predicted octanol–water partition coefficient (Wildman–Crippen LogP) is 0.978. The van der Waals surface area contributed by atoms with E-state index in [2.05, 4.69) is 14.9 Å². The molecule has 1 aromatic heterocycles. The molecule has 4 heteroatoms. The average Bonchev–Trinajstić information content (AvgIpc) is 2.53. The minimum atomic E-state index is 0.659. The largest absolute Gasteiger partial charge is 0.384 e. The molecule has 0 aromatic carbocycles. The number of likely N-dealkylation sites (tertiary alicyclic amines) is 1. The van der Waals surface area contributed by atoms with E-state index < -0.39 is 0 Å². The maximum atomic E-state index is 5.55. The number of aromatic nitrogens is 2. The Morgan fingerprint density at radius 1 is 1.38 bits per heavy atom. The number of imidazole rings is 1. The third-order valence-corrected chi connectivity index (χ3v) is 2.47. The van der Waals surface area contributed by atoms with Gasteiger partial charge in [-0.25, -0.2) is 4.98 Å². The lowest BCUT2D eigenvalue weighted by Gasteiger charge is -2.25. The van der Waals surface area contributed by atoms with E-state index in [4.69, 9.17) is 5.73 Å². The van der Waals surface area contributed by atoms with Crippen LogP contribution in [0.4, 0.5) is 5.82 Å². The van der Waals surface area contributed by atoms with Gasteiger partial charge in [0.25, 0.3) is 0 Å². The van der Waals surface area contributed by atoms with Gasteiger partial charge in [-0.3, -0.25) is 4.90 Å². The third kappa shape index (κ3) is 2.21. The average molecular weight is 180 g/mol. The Balaban J connectivity index is 1.89. The zero-order valence-electron chi connectivity index (χ0n) is 7.79. The van der Waals surface area contributed by atoms with Crippen LogP contribution in [0.5, 0.6) is 0 Å². The lowest BCUT2D eigenvalue weighted by molar-refractivity contribution is 0.216. The first-order valence-corrected chi connectivity index (χ1v) is 4.86. The summed E-state index contributed by atoms with van der Waals surface area (Å²) in [5, 5.41) is 0. The van der Waals surface area contributed by atoms with Gasteiger partial charge >= 0.3 is 0 Å². The van der Waals surface area contributed by atoms with E-state index in [0.717, 1.165) is 12.4 Å².